The van der Waals surface area contributed by atoms with Crippen molar-refractivity contribution in [3.8, 4) is 0 Å². The van der Waals surface area contributed by atoms with Gasteiger partial charge >= 0.3 is 6.18 Å². The number of rotatable bonds is 2. The first-order valence-corrected chi connectivity index (χ1v) is 6.13. The van der Waals surface area contributed by atoms with Crippen molar-refractivity contribution >= 4 is 17.4 Å². The van der Waals surface area contributed by atoms with E-state index in [1.54, 1.807) is 11.9 Å². The van der Waals surface area contributed by atoms with Crippen molar-refractivity contribution in [3.05, 3.63) is 17.0 Å². The van der Waals surface area contributed by atoms with Gasteiger partial charge in [-0.1, -0.05) is 0 Å². The molecule has 1 aliphatic heterocycles. The molecule has 0 saturated carbocycles. The molecule has 2 atom stereocenters. The lowest BCUT2D eigenvalue weighted by atomic mass is 10.1. The third kappa shape index (κ3) is 3.09. The van der Waals surface area contributed by atoms with Gasteiger partial charge in [0.25, 0.3) is 0 Å². The van der Waals surface area contributed by atoms with Crippen LogP contribution < -0.4 is 4.90 Å². The van der Waals surface area contributed by atoms with E-state index >= 15 is 0 Å². The summed E-state index contributed by atoms with van der Waals surface area (Å²) in [7, 11) is 1.68. The highest BCUT2D eigenvalue weighted by atomic mass is 35.5. The molecule has 2 unspecified atom stereocenters. The molecule has 1 saturated heterocycles. The number of hydrogen-bond acceptors (Lipinski definition) is 4. The Labute approximate surface area is 113 Å². The van der Waals surface area contributed by atoms with Crippen LogP contribution in [0.5, 0.6) is 0 Å². The van der Waals surface area contributed by atoms with E-state index in [9.17, 15) is 13.2 Å². The van der Waals surface area contributed by atoms with Crippen LogP contribution in [0.15, 0.2) is 6.07 Å². The van der Waals surface area contributed by atoms with E-state index in [-0.39, 0.29) is 18.0 Å². The fraction of sp³-hybridized carbons (Fsp3) is 0.636. The second kappa shape index (κ2) is 5.13. The van der Waals surface area contributed by atoms with Gasteiger partial charge in [0.1, 0.15) is 5.82 Å². The van der Waals surface area contributed by atoms with Crippen LogP contribution in [0.3, 0.4) is 0 Å². The van der Waals surface area contributed by atoms with Crippen LogP contribution in [0.2, 0.25) is 5.28 Å². The number of aromatic nitrogens is 2. The smallest absolute Gasteiger partial charge is 0.376 e. The highest BCUT2D eigenvalue weighted by Crippen LogP contribution is 2.31. The molecule has 0 bridgehead atoms. The van der Waals surface area contributed by atoms with Crippen molar-refractivity contribution in [3.63, 3.8) is 0 Å². The summed E-state index contributed by atoms with van der Waals surface area (Å²) in [4.78, 5) is 8.71. The van der Waals surface area contributed by atoms with Crippen molar-refractivity contribution in [2.24, 2.45) is 0 Å². The molecular formula is C11H13ClF3N3O. The number of nitrogens with zero attached hydrogens (tertiary/aromatic N) is 3. The third-order valence-corrected chi connectivity index (χ3v) is 3.34. The molecule has 0 amide bonds. The zero-order valence-electron chi connectivity index (χ0n) is 10.4. The topological polar surface area (TPSA) is 38.2 Å². The monoisotopic (exact) mass is 295 g/mol. The summed E-state index contributed by atoms with van der Waals surface area (Å²) in [6, 6.07) is 0.878. The van der Waals surface area contributed by atoms with E-state index in [1.807, 2.05) is 6.92 Å². The SMILES string of the molecule is CC1OCCC1N(C)c1cc(C(F)(F)F)nc(Cl)n1. The van der Waals surface area contributed by atoms with Gasteiger partial charge in [0.05, 0.1) is 12.1 Å². The number of halogens is 4. The number of anilines is 1. The average molecular weight is 296 g/mol. The van der Waals surface area contributed by atoms with Crippen molar-refractivity contribution in [2.45, 2.75) is 31.7 Å². The van der Waals surface area contributed by atoms with Crippen LogP contribution in [-0.2, 0) is 10.9 Å². The molecule has 2 rings (SSSR count). The zero-order chi connectivity index (χ0) is 14.2. The van der Waals surface area contributed by atoms with Crippen LogP contribution in [-0.4, -0.2) is 35.8 Å². The lowest BCUT2D eigenvalue weighted by molar-refractivity contribution is -0.141. The Balaban J connectivity index is 2.31. The van der Waals surface area contributed by atoms with Gasteiger partial charge in [-0.25, -0.2) is 9.97 Å². The average Bonchev–Trinajstić information content (AvgIpc) is 2.72. The Morgan fingerprint density at radius 3 is 2.63 bits per heavy atom. The van der Waals surface area contributed by atoms with E-state index in [4.69, 9.17) is 16.3 Å². The second-order valence-electron chi connectivity index (χ2n) is 4.42. The first-order valence-electron chi connectivity index (χ1n) is 5.75. The first-order chi connectivity index (χ1) is 8.79. The van der Waals surface area contributed by atoms with Crippen LogP contribution >= 0.6 is 11.6 Å². The van der Waals surface area contributed by atoms with E-state index in [0.717, 1.165) is 12.5 Å². The molecule has 0 radical (unpaired) electrons. The summed E-state index contributed by atoms with van der Waals surface area (Å²) in [5, 5.41) is -0.414. The molecule has 1 aromatic heterocycles. The maximum atomic E-state index is 12.7. The van der Waals surface area contributed by atoms with Gasteiger partial charge in [-0.15, -0.1) is 0 Å². The van der Waals surface area contributed by atoms with Gasteiger partial charge in [-0.2, -0.15) is 13.2 Å². The van der Waals surface area contributed by atoms with E-state index in [2.05, 4.69) is 9.97 Å². The Bertz CT molecular complexity index is 469. The summed E-state index contributed by atoms with van der Waals surface area (Å²) in [5.74, 6) is 0.148. The number of likely N-dealkylation sites (N-methyl/N-ethyl adjacent to an activating group) is 1. The molecule has 106 valence electrons. The number of hydrogen-bond donors (Lipinski definition) is 0. The minimum Gasteiger partial charge on any atom is -0.376 e. The quantitative estimate of drug-likeness (QED) is 0.787. The van der Waals surface area contributed by atoms with Crippen LogP contribution in [0.4, 0.5) is 19.0 Å². The summed E-state index contributed by atoms with van der Waals surface area (Å²) >= 11 is 5.56. The molecule has 1 aromatic rings. The lowest BCUT2D eigenvalue weighted by Gasteiger charge is -2.28. The minimum atomic E-state index is -4.54. The predicted octanol–water partition coefficient (Wildman–Crippen LogP) is 2.76. The van der Waals surface area contributed by atoms with Gasteiger partial charge in [-0.05, 0) is 24.9 Å². The summed E-state index contributed by atoms with van der Waals surface area (Å²) in [6.45, 7) is 2.46. The Hall–Kier alpha value is -1.08. The fourth-order valence-electron chi connectivity index (χ4n) is 2.13. The van der Waals surface area contributed by atoms with E-state index < -0.39 is 17.2 Å². The minimum absolute atomic E-state index is 0.0212. The maximum Gasteiger partial charge on any atom is 0.433 e. The molecule has 0 spiro atoms. The van der Waals surface area contributed by atoms with Crippen molar-refractivity contribution < 1.29 is 17.9 Å². The van der Waals surface area contributed by atoms with Gasteiger partial charge in [0.2, 0.25) is 5.28 Å². The Morgan fingerprint density at radius 1 is 1.42 bits per heavy atom. The summed E-state index contributed by atoms with van der Waals surface area (Å²) < 4.78 is 43.4. The van der Waals surface area contributed by atoms with Crippen molar-refractivity contribution in [1.29, 1.82) is 0 Å². The number of ether oxygens (including phenoxy) is 1. The van der Waals surface area contributed by atoms with Gasteiger partial charge in [0.15, 0.2) is 5.69 Å². The van der Waals surface area contributed by atoms with Gasteiger partial charge < -0.3 is 9.64 Å². The van der Waals surface area contributed by atoms with Crippen LogP contribution in [0.25, 0.3) is 0 Å². The zero-order valence-corrected chi connectivity index (χ0v) is 11.2. The largest absolute Gasteiger partial charge is 0.433 e. The second-order valence-corrected chi connectivity index (χ2v) is 4.76. The maximum absolute atomic E-state index is 12.7. The normalized spacial score (nSPS) is 23.7. The first kappa shape index (κ1) is 14.3. The van der Waals surface area contributed by atoms with Gasteiger partial charge in [-0.3, -0.25) is 0 Å². The Morgan fingerprint density at radius 2 is 2.11 bits per heavy atom. The highest BCUT2D eigenvalue weighted by Gasteiger charge is 2.35. The molecule has 19 heavy (non-hydrogen) atoms. The van der Waals surface area contributed by atoms with Crippen LogP contribution in [0, 0.1) is 0 Å². The molecule has 0 N–H and O–H groups in total. The molecule has 1 fully saturated rings. The van der Waals surface area contributed by atoms with Crippen LogP contribution in [0.1, 0.15) is 19.0 Å². The number of alkyl halides is 3. The van der Waals surface area contributed by atoms with Gasteiger partial charge in [0, 0.05) is 19.7 Å². The molecule has 8 heteroatoms. The summed E-state index contributed by atoms with van der Waals surface area (Å²) in [6.07, 6.45) is -3.87. The van der Waals surface area contributed by atoms with Crippen molar-refractivity contribution in [2.75, 3.05) is 18.6 Å². The van der Waals surface area contributed by atoms with Crippen molar-refractivity contribution in [1.82, 2.24) is 9.97 Å². The molecule has 1 aliphatic rings. The van der Waals surface area contributed by atoms with E-state index in [1.165, 1.54) is 0 Å². The molecule has 2 heterocycles. The standard InChI is InChI=1S/C11H13ClF3N3O/c1-6-7(3-4-19-6)18(2)9-5-8(11(13,14)15)16-10(12)17-9/h5-7H,3-4H2,1-2H3. The molecular weight excluding hydrogens is 283 g/mol. The third-order valence-electron chi connectivity index (χ3n) is 3.17. The fourth-order valence-corrected chi connectivity index (χ4v) is 2.31. The van der Waals surface area contributed by atoms with E-state index in [0.29, 0.717) is 6.61 Å². The lowest BCUT2D eigenvalue weighted by Crippen LogP contribution is -2.37. The highest BCUT2D eigenvalue weighted by molar-refractivity contribution is 6.28. The summed E-state index contributed by atoms with van der Waals surface area (Å²) in [5.41, 5.74) is -1.04. The molecule has 0 aliphatic carbocycles. The predicted molar refractivity (Wildman–Crippen MR) is 64.3 cm³/mol. The molecule has 0 aromatic carbocycles. The molecule has 4 nitrogen and oxygen atoms in total. The Kier molecular flexibility index (Phi) is 3.87.